The van der Waals surface area contributed by atoms with Crippen LogP contribution in [0, 0.1) is 6.92 Å². The lowest BCUT2D eigenvalue weighted by Crippen LogP contribution is -2.44. The summed E-state index contributed by atoms with van der Waals surface area (Å²) in [6, 6.07) is 2.14. The van der Waals surface area contributed by atoms with Crippen LogP contribution in [0.25, 0.3) is 5.65 Å². The number of aliphatic hydroxyl groups is 1. The molecule has 0 spiro atoms. The van der Waals surface area contributed by atoms with Crippen LogP contribution >= 0.6 is 15.9 Å². The monoisotopic (exact) mass is 393 g/mol. The zero-order valence-electron chi connectivity index (χ0n) is 14.3. The van der Waals surface area contributed by atoms with Crippen LogP contribution in [0.3, 0.4) is 0 Å². The number of carbonyl (C=O) groups is 1. The summed E-state index contributed by atoms with van der Waals surface area (Å²) in [6.45, 7) is 4.92. The minimum atomic E-state index is 0.0370. The summed E-state index contributed by atoms with van der Waals surface area (Å²) in [5, 5.41) is 9.33. The standard InChI is InChI=1S/C18H24BrN3O2/c1-3-15-16(22-11-13(19)10-12(2)17(22)20-15)18(24)21-8-5-4-6-14(21)7-9-23/h10-11,14,23H,3-9H2,1-2H3. The number of amides is 1. The van der Waals surface area contributed by atoms with E-state index in [1.54, 1.807) is 0 Å². The van der Waals surface area contributed by atoms with Crippen molar-refractivity contribution in [3.63, 3.8) is 0 Å². The quantitative estimate of drug-likeness (QED) is 0.866. The zero-order valence-corrected chi connectivity index (χ0v) is 15.8. The lowest BCUT2D eigenvalue weighted by atomic mass is 9.99. The minimum Gasteiger partial charge on any atom is -0.396 e. The molecule has 1 fully saturated rings. The van der Waals surface area contributed by atoms with Gasteiger partial charge in [0.2, 0.25) is 0 Å². The number of hydrogen-bond donors (Lipinski definition) is 1. The molecule has 1 amide bonds. The Bertz CT molecular complexity index is 754. The van der Waals surface area contributed by atoms with E-state index in [2.05, 4.69) is 15.9 Å². The molecule has 24 heavy (non-hydrogen) atoms. The predicted octanol–water partition coefficient (Wildman–Crippen LogP) is 3.34. The van der Waals surface area contributed by atoms with Gasteiger partial charge in [-0.3, -0.25) is 9.20 Å². The first-order chi connectivity index (χ1) is 11.6. The summed E-state index contributed by atoms with van der Waals surface area (Å²) < 4.78 is 2.86. The maximum atomic E-state index is 13.3. The molecule has 0 saturated carbocycles. The highest BCUT2D eigenvalue weighted by Crippen LogP contribution is 2.26. The highest BCUT2D eigenvalue weighted by Gasteiger charge is 2.30. The smallest absolute Gasteiger partial charge is 0.273 e. The van der Waals surface area contributed by atoms with Gasteiger partial charge in [0.1, 0.15) is 11.3 Å². The predicted molar refractivity (Wildman–Crippen MR) is 97.4 cm³/mol. The van der Waals surface area contributed by atoms with Crippen molar-refractivity contribution in [2.45, 2.75) is 52.0 Å². The van der Waals surface area contributed by atoms with Gasteiger partial charge in [-0.1, -0.05) is 6.92 Å². The molecule has 0 aromatic carbocycles. The van der Waals surface area contributed by atoms with Crippen LogP contribution in [-0.2, 0) is 6.42 Å². The molecule has 1 unspecified atom stereocenters. The Labute approximate surface area is 150 Å². The van der Waals surface area contributed by atoms with E-state index in [-0.39, 0.29) is 18.6 Å². The molecule has 2 aromatic rings. The molecule has 5 nitrogen and oxygen atoms in total. The van der Waals surface area contributed by atoms with Crippen molar-refractivity contribution in [2.24, 2.45) is 0 Å². The van der Waals surface area contributed by atoms with E-state index in [0.29, 0.717) is 12.1 Å². The average Bonchev–Trinajstić information content (AvgIpc) is 2.94. The molecular formula is C18H24BrN3O2. The third-order valence-corrected chi connectivity index (χ3v) is 5.26. The van der Waals surface area contributed by atoms with Crippen LogP contribution in [0.15, 0.2) is 16.7 Å². The SMILES string of the molecule is CCc1nc2c(C)cc(Br)cn2c1C(=O)N1CCCCC1CCO. The fourth-order valence-corrected chi connectivity index (χ4v) is 4.19. The summed E-state index contributed by atoms with van der Waals surface area (Å²) in [5.74, 6) is 0.0370. The molecule has 130 valence electrons. The third kappa shape index (κ3) is 3.09. The number of imidazole rings is 1. The number of aryl methyl sites for hydroxylation is 2. The van der Waals surface area contributed by atoms with Crippen molar-refractivity contribution in [3.05, 3.63) is 33.7 Å². The molecule has 1 aliphatic heterocycles. The molecule has 1 N–H and O–H groups in total. The first kappa shape index (κ1) is 17.4. The molecule has 2 aromatic heterocycles. The number of hydrogen-bond acceptors (Lipinski definition) is 3. The van der Waals surface area contributed by atoms with Gasteiger partial charge in [0.05, 0.1) is 5.69 Å². The Morgan fingerprint density at radius 3 is 2.96 bits per heavy atom. The second kappa shape index (κ2) is 7.23. The Balaban J connectivity index is 2.08. The van der Waals surface area contributed by atoms with Crippen molar-refractivity contribution < 1.29 is 9.90 Å². The number of halogens is 1. The molecule has 3 rings (SSSR count). The topological polar surface area (TPSA) is 57.8 Å². The summed E-state index contributed by atoms with van der Waals surface area (Å²) in [5.41, 5.74) is 3.40. The second-order valence-electron chi connectivity index (χ2n) is 6.46. The van der Waals surface area contributed by atoms with Crippen molar-refractivity contribution in [2.75, 3.05) is 13.2 Å². The van der Waals surface area contributed by atoms with Gasteiger partial charge in [-0.05, 0) is 66.6 Å². The van der Waals surface area contributed by atoms with Crippen molar-refractivity contribution >= 4 is 27.5 Å². The molecule has 0 aliphatic carbocycles. The van der Waals surface area contributed by atoms with Gasteiger partial charge in [0, 0.05) is 29.9 Å². The van der Waals surface area contributed by atoms with E-state index < -0.39 is 0 Å². The molecular weight excluding hydrogens is 370 g/mol. The van der Waals surface area contributed by atoms with Gasteiger partial charge in [0.25, 0.3) is 5.91 Å². The summed E-state index contributed by atoms with van der Waals surface area (Å²) in [6.07, 6.45) is 6.40. The molecule has 0 radical (unpaired) electrons. The first-order valence-corrected chi connectivity index (χ1v) is 9.45. The average molecular weight is 394 g/mol. The van der Waals surface area contributed by atoms with Crippen LogP contribution in [-0.4, -0.2) is 44.5 Å². The number of pyridine rings is 1. The van der Waals surface area contributed by atoms with Crippen molar-refractivity contribution in [3.8, 4) is 0 Å². The minimum absolute atomic E-state index is 0.0370. The Morgan fingerprint density at radius 1 is 1.46 bits per heavy atom. The Kier molecular flexibility index (Phi) is 5.25. The number of likely N-dealkylation sites (tertiary alicyclic amines) is 1. The Hall–Kier alpha value is -1.40. The molecule has 3 heterocycles. The maximum Gasteiger partial charge on any atom is 0.273 e. The second-order valence-corrected chi connectivity index (χ2v) is 7.37. The van der Waals surface area contributed by atoms with E-state index in [9.17, 15) is 9.90 Å². The van der Waals surface area contributed by atoms with Crippen LogP contribution in [0.2, 0.25) is 0 Å². The van der Waals surface area contributed by atoms with E-state index in [1.807, 2.05) is 35.4 Å². The number of rotatable bonds is 4. The number of nitrogens with zero attached hydrogens (tertiary/aromatic N) is 3. The number of aliphatic hydroxyl groups excluding tert-OH is 1. The lowest BCUT2D eigenvalue weighted by molar-refractivity contribution is 0.0566. The highest BCUT2D eigenvalue weighted by atomic mass is 79.9. The van der Waals surface area contributed by atoms with E-state index in [4.69, 9.17) is 4.98 Å². The lowest BCUT2D eigenvalue weighted by Gasteiger charge is -2.35. The molecule has 1 saturated heterocycles. The summed E-state index contributed by atoms with van der Waals surface area (Å²) >= 11 is 3.52. The summed E-state index contributed by atoms with van der Waals surface area (Å²) in [7, 11) is 0. The first-order valence-electron chi connectivity index (χ1n) is 8.65. The molecule has 1 atom stereocenters. The van der Waals surface area contributed by atoms with Crippen molar-refractivity contribution in [1.29, 1.82) is 0 Å². The van der Waals surface area contributed by atoms with E-state index >= 15 is 0 Å². The fourth-order valence-electron chi connectivity index (χ4n) is 3.64. The third-order valence-electron chi connectivity index (χ3n) is 4.83. The van der Waals surface area contributed by atoms with Crippen LogP contribution < -0.4 is 0 Å². The van der Waals surface area contributed by atoms with E-state index in [1.165, 1.54) is 0 Å². The largest absolute Gasteiger partial charge is 0.396 e. The van der Waals surface area contributed by atoms with Crippen LogP contribution in [0.4, 0.5) is 0 Å². The van der Waals surface area contributed by atoms with Gasteiger partial charge < -0.3 is 10.0 Å². The Morgan fingerprint density at radius 2 is 2.25 bits per heavy atom. The number of piperidine rings is 1. The van der Waals surface area contributed by atoms with Gasteiger partial charge in [0.15, 0.2) is 0 Å². The molecule has 1 aliphatic rings. The van der Waals surface area contributed by atoms with E-state index in [0.717, 1.165) is 53.6 Å². The van der Waals surface area contributed by atoms with Gasteiger partial charge in [-0.25, -0.2) is 4.98 Å². The van der Waals surface area contributed by atoms with Gasteiger partial charge in [-0.15, -0.1) is 0 Å². The molecule has 6 heteroatoms. The number of aromatic nitrogens is 2. The highest BCUT2D eigenvalue weighted by molar-refractivity contribution is 9.10. The van der Waals surface area contributed by atoms with Crippen LogP contribution in [0.1, 0.15) is 54.4 Å². The number of carbonyl (C=O) groups excluding carboxylic acids is 1. The van der Waals surface area contributed by atoms with Crippen LogP contribution in [0.5, 0.6) is 0 Å². The van der Waals surface area contributed by atoms with Crippen molar-refractivity contribution in [1.82, 2.24) is 14.3 Å². The zero-order chi connectivity index (χ0) is 17.3. The summed E-state index contributed by atoms with van der Waals surface area (Å²) in [4.78, 5) is 20.0. The fraction of sp³-hybridized carbons (Fsp3) is 0.556. The van der Waals surface area contributed by atoms with Gasteiger partial charge >= 0.3 is 0 Å². The number of fused-ring (bicyclic) bond motifs is 1. The maximum absolute atomic E-state index is 13.3. The molecule has 0 bridgehead atoms. The normalized spacial score (nSPS) is 18.3. The van der Waals surface area contributed by atoms with Gasteiger partial charge in [-0.2, -0.15) is 0 Å².